The van der Waals surface area contributed by atoms with Gasteiger partial charge in [-0.25, -0.2) is 0 Å². The molecule has 2 N–H and O–H groups in total. The number of piperidine rings is 1. The molecule has 0 radical (unpaired) electrons. The Balaban J connectivity index is 1.43. The SMILES string of the molecule is COCCCN1CCOc2ccc(CO[C@H]3CNC(CC(C)(C)C(=O)NCCN(C)C)C[C@@H]3c3ccc(OC)cc3)cc21. The highest BCUT2D eigenvalue weighted by Crippen LogP contribution is 2.37. The van der Waals surface area contributed by atoms with Gasteiger partial charge in [-0.2, -0.15) is 0 Å². The van der Waals surface area contributed by atoms with Crippen molar-refractivity contribution in [1.82, 2.24) is 15.5 Å². The van der Waals surface area contributed by atoms with Crippen molar-refractivity contribution in [2.75, 3.05) is 79.2 Å². The van der Waals surface area contributed by atoms with Crippen LogP contribution in [0.4, 0.5) is 5.69 Å². The third-order valence-corrected chi connectivity index (χ3v) is 8.58. The number of ether oxygens (including phenoxy) is 4. The van der Waals surface area contributed by atoms with Gasteiger partial charge < -0.3 is 39.4 Å². The molecular weight excluding hydrogens is 544 g/mol. The maximum atomic E-state index is 13.1. The fourth-order valence-electron chi connectivity index (χ4n) is 6.08. The average molecular weight is 597 g/mol. The van der Waals surface area contributed by atoms with Crippen LogP contribution in [0.1, 0.15) is 50.2 Å². The monoisotopic (exact) mass is 596 g/mol. The number of nitrogens with zero attached hydrogens (tertiary/aromatic N) is 2. The number of amides is 1. The summed E-state index contributed by atoms with van der Waals surface area (Å²) in [6, 6.07) is 14.9. The van der Waals surface area contributed by atoms with Gasteiger partial charge in [0.15, 0.2) is 0 Å². The van der Waals surface area contributed by atoms with E-state index < -0.39 is 5.41 Å². The van der Waals surface area contributed by atoms with Crippen molar-refractivity contribution in [2.45, 2.75) is 57.8 Å². The third kappa shape index (κ3) is 9.32. The second-order valence-corrected chi connectivity index (χ2v) is 12.7. The van der Waals surface area contributed by atoms with Gasteiger partial charge in [0.2, 0.25) is 5.91 Å². The van der Waals surface area contributed by atoms with Crippen LogP contribution in [0, 0.1) is 5.41 Å². The van der Waals surface area contributed by atoms with E-state index in [1.165, 1.54) is 5.56 Å². The van der Waals surface area contributed by atoms with Gasteiger partial charge >= 0.3 is 0 Å². The molecule has 238 valence electrons. The standard InChI is InChI=1S/C34H52N4O5/c1-34(2,33(39)35-14-16-37(3)4)22-27-21-29(26-9-11-28(41-6)12-10-26)32(23-36-27)43-24-25-8-13-31-30(20-25)38(17-19-42-31)15-7-18-40-5/h8-13,20,27,29,32,36H,7,14-19,21-24H2,1-6H3,(H,35,39)/t27?,29-,32+/m1/s1. The minimum atomic E-state index is -0.484. The first-order valence-corrected chi connectivity index (χ1v) is 15.6. The summed E-state index contributed by atoms with van der Waals surface area (Å²) >= 11 is 0. The van der Waals surface area contributed by atoms with E-state index in [4.69, 9.17) is 18.9 Å². The van der Waals surface area contributed by atoms with E-state index in [0.29, 0.717) is 19.8 Å². The molecule has 9 heteroatoms. The Morgan fingerprint density at radius 3 is 2.67 bits per heavy atom. The first-order chi connectivity index (χ1) is 20.7. The third-order valence-electron chi connectivity index (χ3n) is 8.58. The molecule has 9 nitrogen and oxygen atoms in total. The Kier molecular flexibility index (Phi) is 12.1. The predicted molar refractivity (Wildman–Crippen MR) is 171 cm³/mol. The molecule has 0 aromatic heterocycles. The lowest BCUT2D eigenvalue weighted by Gasteiger charge is -2.40. The van der Waals surface area contributed by atoms with Crippen molar-refractivity contribution >= 4 is 11.6 Å². The summed E-state index contributed by atoms with van der Waals surface area (Å²) in [5.41, 5.74) is 3.01. The molecule has 1 fully saturated rings. The van der Waals surface area contributed by atoms with E-state index >= 15 is 0 Å². The molecule has 0 aliphatic carbocycles. The van der Waals surface area contributed by atoms with Crippen molar-refractivity contribution in [1.29, 1.82) is 0 Å². The summed E-state index contributed by atoms with van der Waals surface area (Å²) in [7, 11) is 7.46. The Hall–Kier alpha value is -2.85. The van der Waals surface area contributed by atoms with Crippen LogP contribution in [0.3, 0.4) is 0 Å². The Morgan fingerprint density at radius 2 is 1.95 bits per heavy atom. The molecule has 4 rings (SSSR count). The lowest BCUT2D eigenvalue weighted by Crippen LogP contribution is -2.50. The quantitative estimate of drug-likeness (QED) is 0.298. The Bertz CT molecular complexity index is 1160. The van der Waals surface area contributed by atoms with Gasteiger partial charge in [0.1, 0.15) is 18.1 Å². The summed E-state index contributed by atoms with van der Waals surface area (Å²) in [5.74, 6) is 2.06. The molecule has 0 saturated carbocycles. The van der Waals surface area contributed by atoms with Gasteiger partial charge in [-0.1, -0.05) is 32.0 Å². The van der Waals surface area contributed by atoms with E-state index in [-0.39, 0.29) is 24.0 Å². The summed E-state index contributed by atoms with van der Waals surface area (Å²) in [6.45, 7) is 10.1. The number of likely N-dealkylation sites (N-methyl/N-ethyl adjacent to an activating group) is 1. The Morgan fingerprint density at radius 1 is 1.16 bits per heavy atom. The van der Waals surface area contributed by atoms with E-state index in [2.05, 4.69) is 50.8 Å². The van der Waals surface area contributed by atoms with E-state index in [1.807, 2.05) is 40.1 Å². The lowest BCUT2D eigenvalue weighted by molar-refractivity contribution is -0.130. The fourth-order valence-corrected chi connectivity index (χ4v) is 6.08. The minimum Gasteiger partial charge on any atom is -0.497 e. The second kappa shape index (κ2) is 15.7. The molecule has 2 aromatic rings. The van der Waals surface area contributed by atoms with Gasteiger partial charge in [0.25, 0.3) is 0 Å². The normalized spacial score (nSPS) is 20.4. The Labute approximate surface area is 258 Å². The van der Waals surface area contributed by atoms with Crippen LogP contribution < -0.4 is 25.0 Å². The smallest absolute Gasteiger partial charge is 0.225 e. The lowest BCUT2D eigenvalue weighted by atomic mass is 9.77. The largest absolute Gasteiger partial charge is 0.497 e. The molecular formula is C34H52N4O5. The van der Waals surface area contributed by atoms with Gasteiger partial charge in [-0.15, -0.1) is 0 Å². The number of methoxy groups -OCH3 is 2. The highest BCUT2D eigenvalue weighted by molar-refractivity contribution is 5.81. The number of carbonyl (C=O) groups excluding carboxylic acids is 1. The fraction of sp³-hybridized carbons (Fsp3) is 0.618. The zero-order chi connectivity index (χ0) is 30.8. The maximum absolute atomic E-state index is 13.1. The van der Waals surface area contributed by atoms with Gasteiger partial charge in [0, 0.05) is 57.3 Å². The van der Waals surface area contributed by atoms with Crippen LogP contribution in [-0.4, -0.2) is 97.2 Å². The molecule has 0 bridgehead atoms. The topological polar surface area (TPSA) is 84.5 Å². The van der Waals surface area contributed by atoms with E-state index in [0.717, 1.165) is 74.8 Å². The number of rotatable bonds is 15. The van der Waals surface area contributed by atoms with Gasteiger partial charge in [-0.05, 0) is 68.8 Å². The molecule has 2 aromatic carbocycles. The molecule has 0 spiro atoms. The molecule has 2 heterocycles. The first-order valence-electron chi connectivity index (χ1n) is 15.6. The van der Waals surface area contributed by atoms with Gasteiger partial charge in [-0.3, -0.25) is 4.79 Å². The van der Waals surface area contributed by atoms with Crippen molar-refractivity contribution in [3.05, 3.63) is 53.6 Å². The molecule has 1 amide bonds. The van der Waals surface area contributed by atoms with Crippen LogP contribution in [0.5, 0.6) is 11.5 Å². The summed E-state index contributed by atoms with van der Waals surface area (Å²) in [6.07, 6.45) is 2.61. The minimum absolute atomic E-state index is 0.00763. The van der Waals surface area contributed by atoms with E-state index in [9.17, 15) is 4.79 Å². The number of nitrogens with one attached hydrogen (secondary N) is 2. The number of hydrogen-bond donors (Lipinski definition) is 2. The highest BCUT2D eigenvalue weighted by Gasteiger charge is 2.37. The van der Waals surface area contributed by atoms with Crippen LogP contribution in [0.25, 0.3) is 0 Å². The first kappa shape index (κ1) is 33.1. The molecule has 2 aliphatic heterocycles. The molecule has 2 aliphatic rings. The summed E-state index contributed by atoms with van der Waals surface area (Å²) in [5, 5.41) is 6.84. The zero-order valence-electron chi connectivity index (χ0n) is 27.0. The van der Waals surface area contributed by atoms with Crippen molar-refractivity contribution in [3.8, 4) is 11.5 Å². The number of anilines is 1. The van der Waals surface area contributed by atoms with Crippen LogP contribution in [0.15, 0.2) is 42.5 Å². The molecule has 3 atom stereocenters. The maximum Gasteiger partial charge on any atom is 0.225 e. The second-order valence-electron chi connectivity index (χ2n) is 12.7. The van der Waals surface area contributed by atoms with Crippen LogP contribution >= 0.6 is 0 Å². The predicted octanol–water partition coefficient (Wildman–Crippen LogP) is 4.06. The van der Waals surface area contributed by atoms with Crippen molar-refractivity contribution in [2.24, 2.45) is 5.41 Å². The van der Waals surface area contributed by atoms with Gasteiger partial charge in [0.05, 0.1) is 32.1 Å². The van der Waals surface area contributed by atoms with Crippen molar-refractivity contribution in [3.63, 3.8) is 0 Å². The zero-order valence-corrected chi connectivity index (χ0v) is 27.0. The van der Waals surface area contributed by atoms with Crippen LogP contribution in [-0.2, 0) is 20.9 Å². The highest BCUT2D eigenvalue weighted by atomic mass is 16.5. The molecule has 43 heavy (non-hydrogen) atoms. The summed E-state index contributed by atoms with van der Waals surface area (Å²) in [4.78, 5) is 17.5. The van der Waals surface area contributed by atoms with Crippen molar-refractivity contribution < 1.29 is 23.7 Å². The molecule has 1 unspecified atom stereocenters. The number of carbonyl (C=O) groups is 1. The molecule has 1 saturated heterocycles. The van der Waals surface area contributed by atoms with Crippen LogP contribution in [0.2, 0.25) is 0 Å². The number of fused-ring (bicyclic) bond motifs is 1. The summed E-state index contributed by atoms with van der Waals surface area (Å²) < 4.78 is 23.3. The average Bonchev–Trinajstić information content (AvgIpc) is 3.00. The number of benzene rings is 2. The number of hydrogen-bond acceptors (Lipinski definition) is 8. The van der Waals surface area contributed by atoms with E-state index in [1.54, 1.807) is 14.2 Å².